The molecule has 3 aromatic heterocycles. The summed E-state index contributed by atoms with van der Waals surface area (Å²) in [5.74, 6) is 1.83. The molecule has 3 aromatic rings. The summed E-state index contributed by atoms with van der Waals surface area (Å²) >= 11 is 0. The molecule has 0 aliphatic heterocycles. The minimum atomic E-state index is 0.475. The third-order valence-electron chi connectivity index (χ3n) is 2.87. The predicted molar refractivity (Wildman–Crippen MR) is 76.6 cm³/mol. The lowest BCUT2D eigenvalue weighted by Crippen LogP contribution is -1.95. The lowest BCUT2D eigenvalue weighted by atomic mass is 10.2. The maximum absolute atomic E-state index is 4.39. The van der Waals surface area contributed by atoms with E-state index >= 15 is 0 Å². The van der Waals surface area contributed by atoms with Gasteiger partial charge in [0.25, 0.3) is 0 Å². The molecule has 6 heteroatoms. The Kier molecular flexibility index (Phi) is 3.12. The van der Waals surface area contributed by atoms with Gasteiger partial charge in [-0.3, -0.25) is 10.1 Å². The van der Waals surface area contributed by atoms with Crippen molar-refractivity contribution in [3.05, 3.63) is 47.8 Å². The number of nitrogens with one attached hydrogen (secondary N) is 2. The summed E-state index contributed by atoms with van der Waals surface area (Å²) in [6, 6.07) is 7.75. The number of anilines is 2. The van der Waals surface area contributed by atoms with Crippen LogP contribution in [0.4, 0.5) is 11.8 Å². The van der Waals surface area contributed by atoms with Gasteiger partial charge < -0.3 is 5.32 Å². The second-order valence-corrected chi connectivity index (χ2v) is 4.52. The predicted octanol–water partition coefficient (Wildman–Crippen LogP) is 2.62. The van der Waals surface area contributed by atoms with Gasteiger partial charge in [-0.1, -0.05) is 6.07 Å². The van der Waals surface area contributed by atoms with Gasteiger partial charge in [-0.05, 0) is 43.2 Å². The topological polar surface area (TPSA) is 79.4 Å². The number of hydrogen-bond acceptors (Lipinski definition) is 5. The summed E-state index contributed by atoms with van der Waals surface area (Å²) in [7, 11) is 0. The van der Waals surface area contributed by atoms with Gasteiger partial charge in [0, 0.05) is 12.4 Å². The van der Waals surface area contributed by atoms with Crippen LogP contribution in [0.1, 0.15) is 11.1 Å². The lowest BCUT2D eigenvalue weighted by molar-refractivity contribution is 1.08. The maximum Gasteiger partial charge on any atom is 0.248 e. The van der Waals surface area contributed by atoms with Crippen LogP contribution in [0.25, 0.3) is 11.5 Å². The Balaban J connectivity index is 1.86. The van der Waals surface area contributed by atoms with Crippen molar-refractivity contribution in [1.29, 1.82) is 0 Å². The minimum absolute atomic E-state index is 0.475. The highest BCUT2D eigenvalue weighted by molar-refractivity contribution is 5.57. The van der Waals surface area contributed by atoms with Crippen molar-refractivity contribution in [3.63, 3.8) is 0 Å². The highest BCUT2D eigenvalue weighted by Gasteiger charge is 2.09. The van der Waals surface area contributed by atoms with Crippen LogP contribution in [0.15, 0.2) is 36.7 Å². The molecule has 0 aliphatic carbocycles. The van der Waals surface area contributed by atoms with Crippen LogP contribution >= 0.6 is 0 Å². The molecule has 0 radical (unpaired) electrons. The van der Waals surface area contributed by atoms with Crippen molar-refractivity contribution >= 4 is 11.8 Å². The van der Waals surface area contributed by atoms with Crippen molar-refractivity contribution in [2.24, 2.45) is 0 Å². The van der Waals surface area contributed by atoms with Gasteiger partial charge in [0.1, 0.15) is 11.5 Å². The van der Waals surface area contributed by atoms with Crippen molar-refractivity contribution in [3.8, 4) is 11.5 Å². The second-order valence-electron chi connectivity index (χ2n) is 4.52. The Hall–Kier alpha value is -2.76. The molecule has 3 heterocycles. The van der Waals surface area contributed by atoms with Crippen molar-refractivity contribution in [2.45, 2.75) is 13.8 Å². The fourth-order valence-electron chi connectivity index (χ4n) is 1.88. The molecule has 0 saturated carbocycles. The van der Waals surface area contributed by atoms with E-state index in [4.69, 9.17) is 0 Å². The zero-order valence-corrected chi connectivity index (χ0v) is 11.3. The molecule has 0 spiro atoms. The van der Waals surface area contributed by atoms with E-state index < -0.39 is 0 Å². The van der Waals surface area contributed by atoms with Gasteiger partial charge in [-0.15, -0.1) is 5.10 Å². The molecule has 6 nitrogen and oxygen atoms in total. The Bertz CT molecular complexity index is 734. The molecule has 0 aliphatic rings. The molecule has 0 amide bonds. The number of aryl methyl sites for hydroxylation is 2. The Morgan fingerprint density at radius 3 is 2.80 bits per heavy atom. The number of hydrogen-bond donors (Lipinski definition) is 2. The number of nitrogens with zero attached hydrogens (tertiary/aromatic N) is 4. The second kappa shape index (κ2) is 5.08. The van der Waals surface area contributed by atoms with E-state index in [1.165, 1.54) is 0 Å². The van der Waals surface area contributed by atoms with Crippen LogP contribution in [0, 0.1) is 13.8 Å². The number of rotatable bonds is 3. The molecule has 0 fully saturated rings. The van der Waals surface area contributed by atoms with Crippen molar-refractivity contribution in [2.75, 3.05) is 5.32 Å². The summed E-state index contributed by atoms with van der Waals surface area (Å²) in [5, 5.41) is 10.1. The third-order valence-corrected chi connectivity index (χ3v) is 2.87. The number of pyridine rings is 2. The van der Waals surface area contributed by atoms with Gasteiger partial charge in [-0.2, -0.15) is 4.98 Å². The van der Waals surface area contributed by atoms with E-state index in [0.717, 1.165) is 16.8 Å². The first-order valence-corrected chi connectivity index (χ1v) is 6.26. The van der Waals surface area contributed by atoms with Gasteiger partial charge in [0.2, 0.25) is 5.95 Å². The average Bonchev–Trinajstić information content (AvgIpc) is 2.87. The highest BCUT2D eigenvalue weighted by atomic mass is 15.3. The van der Waals surface area contributed by atoms with Crippen molar-refractivity contribution in [1.82, 2.24) is 25.1 Å². The molecule has 0 bridgehead atoms. The van der Waals surface area contributed by atoms with E-state index in [-0.39, 0.29) is 0 Å². The number of aromatic nitrogens is 5. The van der Waals surface area contributed by atoms with Crippen molar-refractivity contribution < 1.29 is 0 Å². The SMILES string of the molecule is Cc1ccnc(Nc2n[nH]c(-c3ncccc3C)n2)c1. The first-order chi connectivity index (χ1) is 9.72. The first-order valence-electron chi connectivity index (χ1n) is 6.26. The van der Waals surface area contributed by atoms with Crippen LogP contribution in [0.5, 0.6) is 0 Å². The zero-order chi connectivity index (χ0) is 13.9. The van der Waals surface area contributed by atoms with Gasteiger partial charge >= 0.3 is 0 Å². The van der Waals surface area contributed by atoms with Gasteiger partial charge in [0.05, 0.1) is 0 Å². The standard InChI is InChI=1S/C14H14N6/c1-9-5-7-15-11(8-9)17-14-18-13(19-20-14)12-10(2)4-3-6-16-12/h3-8H,1-2H3,(H2,15,17,18,19,20). The summed E-state index contributed by atoms with van der Waals surface area (Å²) in [4.78, 5) is 12.9. The third kappa shape index (κ3) is 2.49. The van der Waals surface area contributed by atoms with E-state index in [1.54, 1.807) is 12.4 Å². The van der Waals surface area contributed by atoms with E-state index in [2.05, 4.69) is 30.5 Å². The first kappa shape index (κ1) is 12.3. The largest absolute Gasteiger partial charge is 0.307 e. The van der Waals surface area contributed by atoms with Gasteiger partial charge in [-0.25, -0.2) is 4.98 Å². The van der Waals surface area contributed by atoms with Crippen LogP contribution in [-0.2, 0) is 0 Å². The Labute approximate surface area is 116 Å². The zero-order valence-electron chi connectivity index (χ0n) is 11.3. The van der Waals surface area contributed by atoms with Crippen LogP contribution < -0.4 is 5.32 Å². The molecule has 3 rings (SSSR count). The summed E-state index contributed by atoms with van der Waals surface area (Å²) < 4.78 is 0. The lowest BCUT2D eigenvalue weighted by Gasteiger charge is -2.01. The Morgan fingerprint density at radius 2 is 2.00 bits per heavy atom. The monoisotopic (exact) mass is 266 g/mol. The molecule has 0 atom stereocenters. The average molecular weight is 266 g/mol. The van der Waals surface area contributed by atoms with E-state index in [9.17, 15) is 0 Å². The maximum atomic E-state index is 4.39. The van der Waals surface area contributed by atoms with E-state index in [1.807, 2.05) is 38.1 Å². The molecule has 0 saturated heterocycles. The summed E-state index contributed by atoms with van der Waals surface area (Å²) in [6.07, 6.45) is 3.48. The quantitative estimate of drug-likeness (QED) is 0.761. The smallest absolute Gasteiger partial charge is 0.248 e. The highest BCUT2D eigenvalue weighted by Crippen LogP contribution is 2.18. The minimum Gasteiger partial charge on any atom is -0.307 e. The normalized spacial score (nSPS) is 10.5. The molecular weight excluding hydrogens is 252 g/mol. The Morgan fingerprint density at radius 1 is 1.10 bits per heavy atom. The number of H-pyrrole nitrogens is 1. The molecular formula is C14H14N6. The molecule has 2 N–H and O–H groups in total. The molecule has 20 heavy (non-hydrogen) atoms. The fraction of sp³-hybridized carbons (Fsp3) is 0.143. The van der Waals surface area contributed by atoms with E-state index in [0.29, 0.717) is 17.6 Å². The molecule has 100 valence electrons. The fourth-order valence-corrected chi connectivity index (χ4v) is 1.88. The molecule has 0 aromatic carbocycles. The summed E-state index contributed by atoms with van der Waals surface area (Å²) in [6.45, 7) is 3.99. The van der Waals surface area contributed by atoms with Gasteiger partial charge in [0.15, 0.2) is 5.82 Å². The van der Waals surface area contributed by atoms with Crippen LogP contribution in [0.3, 0.4) is 0 Å². The number of aromatic amines is 1. The molecule has 0 unspecified atom stereocenters. The summed E-state index contributed by atoms with van der Waals surface area (Å²) in [5.41, 5.74) is 2.97. The van der Waals surface area contributed by atoms with Crippen LogP contribution in [-0.4, -0.2) is 25.1 Å². The van der Waals surface area contributed by atoms with Crippen LogP contribution in [0.2, 0.25) is 0 Å².